The minimum atomic E-state index is -0.664. The molecule has 0 unspecified atom stereocenters. The van der Waals surface area contributed by atoms with Gasteiger partial charge in [0.2, 0.25) is 0 Å². The number of halogens is 1. The molecule has 1 N–H and O–H groups in total. The number of esters is 1. The summed E-state index contributed by atoms with van der Waals surface area (Å²) >= 11 is 5.54. The van der Waals surface area contributed by atoms with Crippen LogP contribution in [0.4, 0.5) is 0 Å². The van der Waals surface area contributed by atoms with E-state index in [1.54, 1.807) is 6.07 Å². The highest BCUT2D eigenvalue weighted by Gasteiger charge is 2.17. The van der Waals surface area contributed by atoms with Crippen LogP contribution in [-0.2, 0) is 10.6 Å². The first-order chi connectivity index (χ1) is 7.15. The number of hydrogen-bond donors (Lipinski definition) is 1. The molecular weight excluding hydrogens is 218 g/mol. The number of aromatic hydroxyl groups is 1. The van der Waals surface area contributed by atoms with E-state index >= 15 is 0 Å². The maximum absolute atomic E-state index is 11.2. The van der Waals surface area contributed by atoms with E-state index in [1.807, 2.05) is 0 Å². The highest BCUT2D eigenvalue weighted by Crippen LogP contribution is 2.27. The van der Waals surface area contributed by atoms with Crippen LogP contribution in [-0.4, -0.2) is 18.2 Å². The summed E-state index contributed by atoms with van der Waals surface area (Å²) in [6.07, 6.45) is 0. The standard InChI is InChI=1S/C10H8ClNO3/c1-15-10(14)7-3-2-6(4-11)9(13)8(7)5-12/h2-3,13H,4H2,1H3. The summed E-state index contributed by atoms with van der Waals surface area (Å²) in [7, 11) is 1.20. The van der Waals surface area contributed by atoms with Crippen molar-refractivity contribution in [3.05, 3.63) is 28.8 Å². The molecule has 0 heterocycles. The van der Waals surface area contributed by atoms with Crippen molar-refractivity contribution in [3.8, 4) is 11.8 Å². The Kier molecular flexibility index (Phi) is 3.53. The predicted octanol–water partition coefficient (Wildman–Crippen LogP) is 1.79. The van der Waals surface area contributed by atoms with Crippen LogP contribution in [0, 0.1) is 11.3 Å². The van der Waals surface area contributed by atoms with Crippen LogP contribution >= 0.6 is 11.6 Å². The summed E-state index contributed by atoms with van der Waals surface area (Å²) in [6, 6.07) is 4.63. The fourth-order valence-electron chi connectivity index (χ4n) is 1.14. The molecule has 0 radical (unpaired) electrons. The third-order valence-electron chi connectivity index (χ3n) is 1.92. The van der Waals surface area contributed by atoms with Gasteiger partial charge in [0.15, 0.2) is 0 Å². The number of carbonyl (C=O) groups is 1. The summed E-state index contributed by atoms with van der Waals surface area (Å²) in [5.41, 5.74) is 0.326. The van der Waals surface area contributed by atoms with Gasteiger partial charge >= 0.3 is 5.97 Å². The number of phenols is 1. The minimum absolute atomic E-state index is 0.0337. The van der Waals surface area contributed by atoms with Crippen molar-refractivity contribution in [3.63, 3.8) is 0 Å². The lowest BCUT2D eigenvalue weighted by atomic mass is 10.0. The highest BCUT2D eigenvalue weighted by atomic mass is 35.5. The predicted molar refractivity (Wildman–Crippen MR) is 53.7 cm³/mol. The Balaban J connectivity index is 3.39. The minimum Gasteiger partial charge on any atom is -0.506 e. The zero-order chi connectivity index (χ0) is 11.4. The van der Waals surface area contributed by atoms with E-state index in [0.29, 0.717) is 5.56 Å². The second-order valence-corrected chi connectivity index (χ2v) is 3.00. The van der Waals surface area contributed by atoms with Gasteiger partial charge in [-0.3, -0.25) is 0 Å². The van der Waals surface area contributed by atoms with Gasteiger partial charge in [0.25, 0.3) is 0 Å². The summed E-state index contributed by atoms with van der Waals surface area (Å²) < 4.78 is 4.47. The molecule has 5 heteroatoms. The van der Waals surface area contributed by atoms with Crippen molar-refractivity contribution in [1.82, 2.24) is 0 Å². The first-order valence-electron chi connectivity index (χ1n) is 4.05. The van der Waals surface area contributed by atoms with E-state index < -0.39 is 5.97 Å². The van der Waals surface area contributed by atoms with Gasteiger partial charge in [0, 0.05) is 5.56 Å². The second kappa shape index (κ2) is 4.67. The molecule has 0 fully saturated rings. The number of rotatable bonds is 2. The normalized spacial score (nSPS) is 9.40. The molecule has 0 saturated carbocycles. The summed E-state index contributed by atoms with van der Waals surface area (Å²) in [6.45, 7) is 0. The van der Waals surface area contributed by atoms with Crippen LogP contribution in [0.3, 0.4) is 0 Å². The van der Waals surface area contributed by atoms with Crippen LogP contribution in [0.1, 0.15) is 21.5 Å². The molecule has 0 amide bonds. The second-order valence-electron chi connectivity index (χ2n) is 2.73. The van der Waals surface area contributed by atoms with Gasteiger partial charge in [-0.2, -0.15) is 5.26 Å². The molecule has 0 bridgehead atoms. The van der Waals surface area contributed by atoms with Crippen LogP contribution < -0.4 is 0 Å². The largest absolute Gasteiger partial charge is 0.506 e. The van der Waals surface area contributed by atoms with E-state index in [1.165, 1.54) is 19.2 Å². The number of nitriles is 1. The van der Waals surface area contributed by atoms with Gasteiger partial charge in [0.1, 0.15) is 17.4 Å². The quantitative estimate of drug-likeness (QED) is 0.615. The maximum Gasteiger partial charge on any atom is 0.339 e. The SMILES string of the molecule is COC(=O)c1ccc(CCl)c(O)c1C#N. The van der Waals surface area contributed by atoms with E-state index in [9.17, 15) is 9.90 Å². The number of hydrogen-bond acceptors (Lipinski definition) is 4. The van der Waals surface area contributed by atoms with Crippen LogP contribution in [0.15, 0.2) is 12.1 Å². The third-order valence-corrected chi connectivity index (χ3v) is 2.21. The molecule has 0 saturated heterocycles. The van der Waals surface area contributed by atoms with Crippen LogP contribution in [0.2, 0.25) is 0 Å². The fourth-order valence-corrected chi connectivity index (χ4v) is 1.35. The Morgan fingerprint density at radius 2 is 2.33 bits per heavy atom. The number of methoxy groups -OCH3 is 1. The molecule has 0 aliphatic carbocycles. The lowest BCUT2D eigenvalue weighted by Gasteiger charge is -2.06. The van der Waals surface area contributed by atoms with E-state index in [2.05, 4.69) is 4.74 Å². The molecule has 78 valence electrons. The van der Waals surface area contributed by atoms with Crippen molar-refractivity contribution in [2.45, 2.75) is 5.88 Å². The smallest absolute Gasteiger partial charge is 0.339 e. The number of ether oxygens (including phenoxy) is 1. The topological polar surface area (TPSA) is 70.3 Å². The Morgan fingerprint density at radius 1 is 1.67 bits per heavy atom. The number of phenolic OH excluding ortho intramolecular Hbond substituents is 1. The van der Waals surface area contributed by atoms with Gasteiger partial charge < -0.3 is 9.84 Å². The average molecular weight is 226 g/mol. The van der Waals surface area contributed by atoms with Crippen molar-refractivity contribution in [2.75, 3.05) is 7.11 Å². The molecule has 0 aromatic heterocycles. The maximum atomic E-state index is 11.2. The number of benzene rings is 1. The zero-order valence-electron chi connectivity index (χ0n) is 7.95. The van der Waals surface area contributed by atoms with Crippen molar-refractivity contribution in [1.29, 1.82) is 5.26 Å². The van der Waals surface area contributed by atoms with Gasteiger partial charge in [-0.25, -0.2) is 4.79 Å². The summed E-state index contributed by atoms with van der Waals surface area (Å²) in [5.74, 6) is -0.861. The molecule has 1 aromatic rings. The first-order valence-corrected chi connectivity index (χ1v) is 4.58. The van der Waals surface area contributed by atoms with Gasteiger partial charge in [-0.15, -0.1) is 11.6 Å². The van der Waals surface area contributed by atoms with E-state index in [-0.39, 0.29) is 22.8 Å². The molecule has 4 nitrogen and oxygen atoms in total. The van der Waals surface area contributed by atoms with Gasteiger partial charge in [0.05, 0.1) is 18.6 Å². The van der Waals surface area contributed by atoms with Crippen LogP contribution in [0.5, 0.6) is 5.75 Å². The number of carbonyl (C=O) groups excluding carboxylic acids is 1. The molecule has 0 atom stereocenters. The third kappa shape index (κ3) is 2.03. The number of alkyl halides is 1. The van der Waals surface area contributed by atoms with Crippen LogP contribution in [0.25, 0.3) is 0 Å². The zero-order valence-corrected chi connectivity index (χ0v) is 8.71. The summed E-state index contributed by atoms with van der Waals surface area (Å²) in [4.78, 5) is 11.2. The monoisotopic (exact) mass is 225 g/mol. The van der Waals surface area contributed by atoms with E-state index in [0.717, 1.165) is 0 Å². The lowest BCUT2D eigenvalue weighted by molar-refractivity contribution is 0.0600. The lowest BCUT2D eigenvalue weighted by Crippen LogP contribution is -2.05. The molecular formula is C10H8ClNO3. The Bertz CT molecular complexity index is 437. The fraction of sp³-hybridized carbons (Fsp3) is 0.200. The van der Waals surface area contributed by atoms with E-state index in [4.69, 9.17) is 16.9 Å². The van der Waals surface area contributed by atoms with Gasteiger partial charge in [-0.1, -0.05) is 6.07 Å². The Labute approximate surface area is 91.7 Å². The molecule has 1 rings (SSSR count). The summed E-state index contributed by atoms with van der Waals surface area (Å²) in [5, 5.41) is 18.4. The Hall–Kier alpha value is -1.73. The number of nitrogens with zero attached hydrogens (tertiary/aromatic N) is 1. The molecule has 15 heavy (non-hydrogen) atoms. The first kappa shape index (κ1) is 11.3. The van der Waals surface area contributed by atoms with Crippen molar-refractivity contribution >= 4 is 17.6 Å². The van der Waals surface area contributed by atoms with Gasteiger partial charge in [-0.05, 0) is 6.07 Å². The molecule has 1 aromatic carbocycles. The molecule has 0 aliphatic rings. The average Bonchev–Trinajstić information content (AvgIpc) is 2.27. The highest BCUT2D eigenvalue weighted by molar-refractivity contribution is 6.17. The molecule has 0 aliphatic heterocycles. The van der Waals surface area contributed by atoms with Crippen molar-refractivity contribution in [2.24, 2.45) is 0 Å². The van der Waals surface area contributed by atoms with Crippen molar-refractivity contribution < 1.29 is 14.6 Å². The molecule has 0 spiro atoms. The Morgan fingerprint density at radius 3 is 2.80 bits per heavy atom.